The number of ether oxygens (including phenoxy) is 2. The Balaban J connectivity index is 1.89. The zero-order chi connectivity index (χ0) is 18.8. The van der Waals surface area contributed by atoms with Gasteiger partial charge in [0, 0.05) is 18.2 Å². The number of benzene rings is 1. The van der Waals surface area contributed by atoms with Crippen LogP contribution in [0.1, 0.15) is 31.2 Å². The normalized spacial score (nSPS) is 16.7. The predicted octanol–water partition coefficient (Wildman–Crippen LogP) is 1.50. The van der Waals surface area contributed by atoms with Crippen LogP contribution in [-0.4, -0.2) is 38.0 Å². The quantitative estimate of drug-likeness (QED) is 0.482. The summed E-state index contributed by atoms with van der Waals surface area (Å²) >= 11 is 0. The Morgan fingerprint density at radius 1 is 1.35 bits per heavy atom. The Bertz CT molecular complexity index is 658. The van der Waals surface area contributed by atoms with Crippen LogP contribution in [0.4, 0.5) is 4.79 Å². The first-order valence-electron chi connectivity index (χ1n) is 8.74. The van der Waals surface area contributed by atoms with Gasteiger partial charge in [-0.1, -0.05) is 30.3 Å². The van der Waals surface area contributed by atoms with Gasteiger partial charge in [0.05, 0.1) is 26.1 Å². The van der Waals surface area contributed by atoms with E-state index in [2.05, 4.69) is 10.1 Å². The van der Waals surface area contributed by atoms with Gasteiger partial charge in [-0.2, -0.15) is 0 Å². The highest BCUT2D eigenvalue weighted by Crippen LogP contribution is 2.20. The molecule has 0 saturated carbocycles. The van der Waals surface area contributed by atoms with E-state index in [1.807, 2.05) is 35.6 Å². The highest BCUT2D eigenvalue weighted by molar-refractivity contribution is 5.80. The van der Waals surface area contributed by atoms with Crippen LogP contribution in [0.3, 0.4) is 0 Å². The molecule has 0 bridgehead atoms. The third-order valence-electron chi connectivity index (χ3n) is 4.31. The minimum absolute atomic E-state index is 0.209. The Labute approximate surface area is 153 Å². The van der Waals surface area contributed by atoms with Crippen molar-refractivity contribution in [2.45, 2.75) is 38.3 Å². The first-order valence-corrected chi connectivity index (χ1v) is 8.74. The lowest BCUT2D eigenvalue weighted by Crippen LogP contribution is -2.83. The molecule has 1 unspecified atom stereocenters. The number of rotatable bonds is 8. The number of alkyl carbamates (subject to hydrolysis) is 1. The Morgan fingerprint density at radius 3 is 2.81 bits per heavy atom. The van der Waals surface area contributed by atoms with Crippen LogP contribution in [0.15, 0.2) is 41.6 Å². The summed E-state index contributed by atoms with van der Waals surface area (Å²) in [6.07, 6.45) is 3.61. The van der Waals surface area contributed by atoms with Crippen molar-refractivity contribution in [1.29, 1.82) is 5.41 Å². The van der Waals surface area contributed by atoms with Gasteiger partial charge in [-0.15, -0.1) is 0 Å². The first kappa shape index (κ1) is 19.7. The highest BCUT2D eigenvalue weighted by atomic mass is 16.5. The molecular weight excluding hydrogens is 334 g/mol. The molecule has 140 valence electrons. The fourth-order valence-electron chi connectivity index (χ4n) is 2.96. The molecule has 2 rings (SSSR count). The largest absolute Gasteiger partial charge is 0.469 e. The second-order valence-corrected chi connectivity index (χ2v) is 6.09. The summed E-state index contributed by atoms with van der Waals surface area (Å²) in [6.45, 7) is 0.770. The number of hydrogen-bond donors (Lipinski definition) is 3. The number of esters is 1. The van der Waals surface area contributed by atoms with E-state index >= 15 is 0 Å². The van der Waals surface area contributed by atoms with Crippen molar-refractivity contribution in [1.82, 2.24) is 5.32 Å². The van der Waals surface area contributed by atoms with E-state index in [1.165, 1.54) is 13.3 Å². The number of quaternary nitrogens is 1. The topological polar surface area (TPSA) is 105 Å². The third kappa shape index (κ3) is 6.00. The van der Waals surface area contributed by atoms with Gasteiger partial charge in [-0.25, -0.2) is 4.79 Å². The molecule has 1 aromatic rings. The van der Waals surface area contributed by atoms with Crippen molar-refractivity contribution in [3.8, 4) is 0 Å². The van der Waals surface area contributed by atoms with Crippen molar-refractivity contribution in [2.75, 3.05) is 13.7 Å². The number of nitrogens with one attached hydrogen (secondary N) is 2. The minimum Gasteiger partial charge on any atom is -0.469 e. The SMILES string of the molecule is COC(=O)CC[NH2+]C1=C(C=N)C(NC(=O)OCc2ccccc2)CCC1. The van der Waals surface area contributed by atoms with E-state index in [0.29, 0.717) is 13.0 Å². The van der Waals surface area contributed by atoms with Gasteiger partial charge in [-0.3, -0.25) is 4.79 Å². The standard InChI is InChI=1S/C19H25N3O4/c1-25-18(23)10-11-21-16-8-5-9-17(15(16)12-20)22-19(24)26-13-14-6-3-2-4-7-14/h2-4,6-7,12,17,20-21H,5,8-11,13H2,1H3,(H,22,24)/p+1. The molecule has 1 amide bonds. The molecule has 7 nitrogen and oxygen atoms in total. The molecular formula is C19H26N3O4+. The van der Waals surface area contributed by atoms with Crippen molar-refractivity contribution < 1.29 is 24.4 Å². The van der Waals surface area contributed by atoms with E-state index in [4.69, 9.17) is 10.1 Å². The summed E-state index contributed by atoms with van der Waals surface area (Å²) in [4.78, 5) is 23.3. The monoisotopic (exact) mass is 360 g/mol. The molecule has 1 aromatic carbocycles. The van der Waals surface area contributed by atoms with E-state index in [1.54, 1.807) is 0 Å². The molecule has 0 saturated heterocycles. The second-order valence-electron chi connectivity index (χ2n) is 6.09. The maximum Gasteiger partial charge on any atom is 0.407 e. The number of nitrogens with two attached hydrogens (primary N) is 1. The molecule has 0 heterocycles. The number of carbonyl (C=O) groups excluding carboxylic acids is 2. The van der Waals surface area contributed by atoms with Gasteiger partial charge in [0.1, 0.15) is 12.3 Å². The zero-order valence-electron chi connectivity index (χ0n) is 15.0. The van der Waals surface area contributed by atoms with Crippen LogP contribution in [-0.2, 0) is 20.9 Å². The second kappa shape index (κ2) is 10.4. The zero-order valence-corrected chi connectivity index (χ0v) is 15.0. The van der Waals surface area contributed by atoms with Gasteiger partial charge < -0.3 is 25.5 Å². The number of allylic oxidation sites excluding steroid dienone is 1. The lowest BCUT2D eigenvalue weighted by Gasteiger charge is -2.25. The van der Waals surface area contributed by atoms with E-state index in [0.717, 1.165) is 36.1 Å². The maximum atomic E-state index is 12.1. The average Bonchev–Trinajstić information content (AvgIpc) is 2.67. The van der Waals surface area contributed by atoms with Crippen molar-refractivity contribution in [2.24, 2.45) is 0 Å². The van der Waals surface area contributed by atoms with E-state index in [9.17, 15) is 9.59 Å². The molecule has 7 heteroatoms. The number of carbonyl (C=O) groups is 2. The van der Waals surface area contributed by atoms with Crippen molar-refractivity contribution in [3.63, 3.8) is 0 Å². The van der Waals surface area contributed by atoms with Gasteiger partial charge in [0.15, 0.2) is 0 Å². The van der Waals surface area contributed by atoms with Gasteiger partial charge in [-0.05, 0) is 18.4 Å². The summed E-state index contributed by atoms with van der Waals surface area (Å²) in [7, 11) is 1.37. The van der Waals surface area contributed by atoms with Crippen LogP contribution < -0.4 is 10.6 Å². The van der Waals surface area contributed by atoms with Crippen LogP contribution in [0.2, 0.25) is 0 Å². The molecule has 1 atom stereocenters. The van der Waals surface area contributed by atoms with E-state index < -0.39 is 6.09 Å². The van der Waals surface area contributed by atoms with E-state index in [-0.39, 0.29) is 18.6 Å². The molecule has 26 heavy (non-hydrogen) atoms. The molecule has 1 aliphatic rings. The summed E-state index contributed by atoms with van der Waals surface area (Å²) < 4.78 is 9.90. The third-order valence-corrected chi connectivity index (χ3v) is 4.31. The lowest BCUT2D eigenvalue weighted by atomic mass is 9.92. The Kier molecular flexibility index (Phi) is 7.82. The van der Waals surface area contributed by atoms with Crippen LogP contribution in [0, 0.1) is 5.41 Å². The summed E-state index contributed by atoms with van der Waals surface area (Å²) in [5.74, 6) is -0.256. The molecule has 0 radical (unpaired) electrons. The van der Waals surface area contributed by atoms with Gasteiger partial charge >= 0.3 is 12.1 Å². The van der Waals surface area contributed by atoms with Crippen molar-refractivity contribution in [3.05, 3.63) is 47.2 Å². The van der Waals surface area contributed by atoms with Gasteiger partial charge in [0.25, 0.3) is 0 Å². The minimum atomic E-state index is -0.492. The molecule has 1 aliphatic carbocycles. The first-order chi connectivity index (χ1) is 12.6. The number of hydrogen-bond acceptors (Lipinski definition) is 5. The summed E-state index contributed by atoms with van der Waals surface area (Å²) in [5, 5.41) is 12.5. The van der Waals surface area contributed by atoms with Gasteiger partial charge in [0.2, 0.25) is 0 Å². The van der Waals surface area contributed by atoms with Crippen molar-refractivity contribution >= 4 is 18.3 Å². The Hall–Kier alpha value is -2.67. The number of amides is 1. The number of methoxy groups -OCH3 is 1. The summed E-state index contributed by atoms with van der Waals surface area (Å²) in [6, 6.07) is 9.24. The molecule has 0 fully saturated rings. The molecule has 0 spiro atoms. The van der Waals surface area contributed by atoms with Crippen LogP contribution in [0.5, 0.6) is 0 Å². The summed E-state index contributed by atoms with van der Waals surface area (Å²) in [5.41, 5.74) is 2.70. The van der Waals surface area contributed by atoms with Crippen LogP contribution >= 0.6 is 0 Å². The highest BCUT2D eigenvalue weighted by Gasteiger charge is 2.26. The molecule has 0 aromatic heterocycles. The average molecular weight is 360 g/mol. The fraction of sp³-hybridized carbons (Fsp3) is 0.421. The predicted molar refractivity (Wildman–Crippen MR) is 96.6 cm³/mol. The maximum absolute atomic E-state index is 12.1. The molecule has 0 aliphatic heterocycles. The lowest BCUT2D eigenvalue weighted by molar-refractivity contribution is -0.608. The fourth-order valence-corrected chi connectivity index (χ4v) is 2.96. The Morgan fingerprint density at radius 2 is 2.12 bits per heavy atom. The molecule has 4 N–H and O–H groups in total. The smallest absolute Gasteiger partial charge is 0.407 e. The van der Waals surface area contributed by atoms with Crippen LogP contribution in [0.25, 0.3) is 0 Å².